The van der Waals surface area contributed by atoms with Crippen molar-refractivity contribution in [3.8, 4) is 0 Å². The Labute approximate surface area is 115 Å². The van der Waals surface area contributed by atoms with Gasteiger partial charge in [0.1, 0.15) is 5.60 Å². The first-order valence-corrected chi connectivity index (χ1v) is 8.01. The predicted octanol–water partition coefficient (Wildman–Crippen LogP) is 1.71. The number of piperidine rings is 1. The SMILES string of the molecule is CC(C)(C)OC(=O)NC1CCN(CC[P+](=O)O)CC1. The maximum atomic E-state index is 11.6. The molecular formula is C12H24N2O4P+. The van der Waals surface area contributed by atoms with E-state index in [1.165, 1.54) is 0 Å². The topological polar surface area (TPSA) is 78.9 Å². The van der Waals surface area contributed by atoms with Crippen LogP contribution in [0.1, 0.15) is 33.6 Å². The molecule has 1 rings (SSSR count). The van der Waals surface area contributed by atoms with Gasteiger partial charge in [0.05, 0.1) is 0 Å². The molecule has 7 heteroatoms. The second-order valence-electron chi connectivity index (χ2n) is 5.84. The van der Waals surface area contributed by atoms with E-state index in [1.807, 2.05) is 20.8 Å². The van der Waals surface area contributed by atoms with E-state index < -0.39 is 13.6 Å². The largest absolute Gasteiger partial charge is 0.506 e. The molecule has 0 bridgehead atoms. The van der Waals surface area contributed by atoms with Crippen LogP contribution in [0.2, 0.25) is 0 Å². The number of nitrogens with zero attached hydrogens (tertiary/aromatic N) is 1. The van der Waals surface area contributed by atoms with E-state index in [1.54, 1.807) is 0 Å². The average Bonchev–Trinajstić information content (AvgIpc) is 2.25. The minimum absolute atomic E-state index is 0.133. The lowest BCUT2D eigenvalue weighted by molar-refractivity contribution is 0.0480. The Hall–Kier alpha value is -0.710. The molecule has 0 aromatic heterocycles. The van der Waals surface area contributed by atoms with Crippen LogP contribution < -0.4 is 5.32 Å². The summed E-state index contributed by atoms with van der Waals surface area (Å²) in [6, 6.07) is 0.133. The lowest BCUT2D eigenvalue weighted by Crippen LogP contribution is -2.46. The summed E-state index contributed by atoms with van der Waals surface area (Å²) in [6.45, 7) is 7.83. The van der Waals surface area contributed by atoms with Gasteiger partial charge in [-0.3, -0.25) is 4.90 Å². The van der Waals surface area contributed by atoms with Gasteiger partial charge >= 0.3 is 14.1 Å². The second-order valence-corrected chi connectivity index (χ2v) is 6.99. The third-order valence-corrected chi connectivity index (χ3v) is 3.50. The van der Waals surface area contributed by atoms with Crippen LogP contribution in [0.25, 0.3) is 0 Å². The number of carbonyl (C=O) groups excluding carboxylic acids is 1. The highest BCUT2D eigenvalue weighted by Gasteiger charge is 2.24. The second kappa shape index (κ2) is 7.17. The summed E-state index contributed by atoms with van der Waals surface area (Å²) in [7, 11) is -2.05. The molecule has 0 saturated carbocycles. The molecule has 0 aromatic carbocycles. The molecule has 0 aromatic rings. The zero-order valence-corrected chi connectivity index (χ0v) is 12.8. The molecule has 1 aliphatic heterocycles. The van der Waals surface area contributed by atoms with Gasteiger partial charge in [-0.15, -0.1) is 0 Å². The summed E-state index contributed by atoms with van der Waals surface area (Å²) in [5.41, 5.74) is -0.475. The Kier molecular flexibility index (Phi) is 6.17. The summed E-state index contributed by atoms with van der Waals surface area (Å²) in [5.74, 6) is 0. The van der Waals surface area contributed by atoms with Gasteiger partial charge in [0.2, 0.25) is 0 Å². The summed E-state index contributed by atoms with van der Waals surface area (Å²) < 4.78 is 15.8. The normalized spacial score (nSPS) is 19.1. The molecule has 1 aliphatic rings. The highest BCUT2D eigenvalue weighted by molar-refractivity contribution is 7.38. The highest BCUT2D eigenvalue weighted by atomic mass is 31.1. The summed E-state index contributed by atoms with van der Waals surface area (Å²) in [6.07, 6.45) is 1.65. The number of hydrogen-bond donors (Lipinski definition) is 2. The van der Waals surface area contributed by atoms with Crippen molar-refractivity contribution in [1.82, 2.24) is 10.2 Å². The molecule has 110 valence electrons. The third kappa shape index (κ3) is 7.45. The first-order chi connectivity index (χ1) is 8.76. The number of amides is 1. The van der Waals surface area contributed by atoms with Crippen LogP contribution >= 0.6 is 8.03 Å². The fourth-order valence-corrected chi connectivity index (χ4v) is 2.46. The van der Waals surface area contributed by atoms with Gasteiger partial charge < -0.3 is 10.1 Å². The molecule has 6 nitrogen and oxygen atoms in total. The summed E-state index contributed by atoms with van der Waals surface area (Å²) >= 11 is 0. The Balaban J connectivity index is 2.23. The fraction of sp³-hybridized carbons (Fsp3) is 0.917. The molecule has 1 amide bonds. The highest BCUT2D eigenvalue weighted by Crippen LogP contribution is 2.16. The number of alkyl carbamates (subject to hydrolysis) is 1. The van der Waals surface area contributed by atoms with Gasteiger partial charge in [-0.05, 0) is 38.2 Å². The predicted molar refractivity (Wildman–Crippen MR) is 73.5 cm³/mol. The van der Waals surface area contributed by atoms with E-state index in [9.17, 15) is 9.36 Å². The smallest absolute Gasteiger partial charge is 0.444 e. The molecule has 1 heterocycles. The maximum absolute atomic E-state index is 11.6. The van der Waals surface area contributed by atoms with E-state index in [4.69, 9.17) is 9.63 Å². The van der Waals surface area contributed by atoms with Crippen LogP contribution in [0.3, 0.4) is 0 Å². The van der Waals surface area contributed by atoms with Crippen molar-refractivity contribution in [3.05, 3.63) is 0 Å². The molecule has 1 fully saturated rings. The van der Waals surface area contributed by atoms with Gasteiger partial charge in [-0.1, -0.05) is 0 Å². The van der Waals surface area contributed by atoms with Gasteiger partial charge in [0.15, 0.2) is 6.16 Å². The molecule has 0 aliphatic carbocycles. The van der Waals surface area contributed by atoms with Gasteiger partial charge in [0.25, 0.3) is 0 Å². The average molecular weight is 291 g/mol. The minimum Gasteiger partial charge on any atom is -0.444 e. The quantitative estimate of drug-likeness (QED) is 0.771. The minimum atomic E-state index is -2.05. The number of nitrogens with one attached hydrogen (secondary N) is 1. The molecule has 1 unspecified atom stereocenters. The molecule has 0 radical (unpaired) electrons. The van der Waals surface area contributed by atoms with Gasteiger partial charge in [0, 0.05) is 25.7 Å². The van der Waals surface area contributed by atoms with E-state index in [2.05, 4.69) is 10.2 Å². The maximum Gasteiger partial charge on any atom is 0.506 e. The number of rotatable bonds is 4. The number of likely N-dealkylation sites (tertiary alicyclic amines) is 1. The van der Waals surface area contributed by atoms with Crippen LogP contribution in [0.4, 0.5) is 4.79 Å². The van der Waals surface area contributed by atoms with E-state index in [-0.39, 0.29) is 12.1 Å². The molecule has 0 spiro atoms. The molecule has 19 heavy (non-hydrogen) atoms. The van der Waals surface area contributed by atoms with Crippen LogP contribution in [0.5, 0.6) is 0 Å². The number of hydrogen-bond acceptors (Lipinski definition) is 4. The van der Waals surface area contributed by atoms with Gasteiger partial charge in [-0.2, -0.15) is 4.89 Å². The zero-order chi connectivity index (χ0) is 14.5. The van der Waals surface area contributed by atoms with Crippen molar-refractivity contribution in [3.63, 3.8) is 0 Å². The zero-order valence-electron chi connectivity index (χ0n) is 11.9. The van der Waals surface area contributed by atoms with Crippen LogP contribution in [-0.2, 0) is 9.30 Å². The standard InChI is InChI=1S/C12H23N2O4P/c1-12(2,3)18-11(15)13-10-4-6-14(7-5-10)8-9-19(16)17/h10H,4-9H2,1-3H3,(H-,13,15,16,17)/p+1. The lowest BCUT2D eigenvalue weighted by atomic mass is 10.1. The van der Waals surface area contributed by atoms with Crippen molar-refractivity contribution in [2.75, 3.05) is 25.8 Å². The Morgan fingerprint density at radius 3 is 2.47 bits per heavy atom. The molecule has 1 saturated heterocycles. The Bertz CT molecular complexity index is 322. The van der Waals surface area contributed by atoms with E-state index >= 15 is 0 Å². The van der Waals surface area contributed by atoms with Crippen molar-refractivity contribution in [2.24, 2.45) is 0 Å². The summed E-state index contributed by atoms with van der Waals surface area (Å²) in [5, 5.41) is 2.87. The van der Waals surface area contributed by atoms with Crippen LogP contribution in [-0.4, -0.2) is 53.3 Å². The fourth-order valence-electron chi connectivity index (χ4n) is 2.00. The lowest BCUT2D eigenvalue weighted by Gasteiger charge is -2.31. The van der Waals surface area contributed by atoms with Crippen molar-refractivity contribution < 1.29 is 19.0 Å². The number of carbonyl (C=O) groups is 1. The van der Waals surface area contributed by atoms with Crippen LogP contribution in [0.15, 0.2) is 0 Å². The Morgan fingerprint density at radius 1 is 1.42 bits per heavy atom. The first kappa shape index (κ1) is 16.3. The van der Waals surface area contributed by atoms with Crippen molar-refractivity contribution >= 4 is 14.1 Å². The van der Waals surface area contributed by atoms with Crippen molar-refractivity contribution in [1.29, 1.82) is 0 Å². The number of ether oxygens (including phenoxy) is 1. The molecular weight excluding hydrogens is 267 g/mol. The first-order valence-electron chi connectivity index (χ1n) is 6.62. The monoisotopic (exact) mass is 291 g/mol. The molecule has 1 atom stereocenters. The van der Waals surface area contributed by atoms with Crippen molar-refractivity contribution in [2.45, 2.75) is 45.3 Å². The third-order valence-electron chi connectivity index (χ3n) is 2.92. The van der Waals surface area contributed by atoms with E-state index in [0.29, 0.717) is 12.7 Å². The molecule has 2 N–H and O–H groups in total. The summed E-state index contributed by atoms with van der Waals surface area (Å²) in [4.78, 5) is 22.5. The van der Waals surface area contributed by atoms with E-state index in [0.717, 1.165) is 25.9 Å². The van der Waals surface area contributed by atoms with Crippen LogP contribution in [0, 0.1) is 0 Å². The van der Waals surface area contributed by atoms with Gasteiger partial charge in [-0.25, -0.2) is 4.79 Å². The Morgan fingerprint density at radius 2 is 2.00 bits per heavy atom.